The number of carbonyl (C=O) groups is 1. The highest BCUT2D eigenvalue weighted by molar-refractivity contribution is 7.89. The minimum atomic E-state index is -3.17. The van der Waals surface area contributed by atoms with Crippen LogP contribution in [0.3, 0.4) is 0 Å². The third-order valence-corrected chi connectivity index (χ3v) is 5.46. The number of hydrogen-bond donors (Lipinski definition) is 1. The Kier molecular flexibility index (Phi) is 4.27. The summed E-state index contributed by atoms with van der Waals surface area (Å²) in [6.07, 6.45) is 4.84. The van der Waals surface area contributed by atoms with Crippen LogP contribution in [0, 0.1) is 11.8 Å². The molecule has 1 unspecified atom stereocenters. The molecule has 1 aliphatic carbocycles. The molecule has 6 heteroatoms. The predicted molar refractivity (Wildman–Crippen MR) is 69.5 cm³/mol. The minimum absolute atomic E-state index is 0.106. The van der Waals surface area contributed by atoms with E-state index in [2.05, 4.69) is 4.72 Å². The SMILES string of the molecule is CN1CC(CNS(=O)(=O)CC2CCCC2)CC1=O. The molecule has 104 valence electrons. The van der Waals surface area contributed by atoms with Crippen LogP contribution < -0.4 is 4.72 Å². The highest BCUT2D eigenvalue weighted by atomic mass is 32.2. The fourth-order valence-corrected chi connectivity index (χ4v) is 4.45. The van der Waals surface area contributed by atoms with E-state index >= 15 is 0 Å². The Morgan fingerprint density at radius 2 is 1.94 bits per heavy atom. The second-order valence-corrected chi connectivity index (χ2v) is 7.48. The summed E-state index contributed by atoms with van der Waals surface area (Å²) in [7, 11) is -1.41. The standard InChI is InChI=1S/C12H22N2O3S/c1-14-8-11(6-12(14)15)7-13-18(16,17)9-10-4-2-3-5-10/h10-11,13H,2-9H2,1H3. The maximum absolute atomic E-state index is 11.9. The van der Waals surface area contributed by atoms with Gasteiger partial charge in [0.25, 0.3) is 0 Å². The molecule has 2 rings (SSSR count). The van der Waals surface area contributed by atoms with Crippen molar-refractivity contribution in [2.24, 2.45) is 11.8 Å². The molecular formula is C12H22N2O3S. The molecular weight excluding hydrogens is 252 g/mol. The number of nitrogens with one attached hydrogen (secondary N) is 1. The summed E-state index contributed by atoms with van der Waals surface area (Å²) in [6.45, 7) is 1.05. The van der Waals surface area contributed by atoms with Crippen molar-refractivity contribution >= 4 is 15.9 Å². The van der Waals surface area contributed by atoms with Gasteiger partial charge in [-0.15, -0.1) is 0 Å². The molecule has 0 aromatic rings. The van der Waals surface area contributed by atoms with E-state index in [0.717, 1.165) is 25.7 Å². The molecule has 2 aliphatic rings. The smallest absolute Gasteiger partial charge is 0.222 e. The molecule has 1 atom stereocenters. The Morgan fingerprint density at radius 1 is 1.28 bits per heavy atom. The van der Waals surface area contributed by atoms with E-state index in [1.54, 1.807) is 11.9 Å². The Labute approximate surface area is 109 Å². The molecule has 0 aromatic heterocycles. The lowest BCUT2D eigenvalue weighted by Crippen LogP contribution is -2.34. The van der Waals surface area contributed by atoms with Gasteiger partial charge >= 0.3 is 0 Å². The minimum Gasteiger partial charge on any atom is -0.345 e. The lowest BCUT2D eigenvalue weighted by molar-refractivity contribution is -0.126. The fraction of sp³-hybridized carbons (Fsp3) is 0.917. The van der Waals surface area contributed by atoms with Crippen LogP contribution in [-0.2, 0) is 14.8 Å². The van der Waals surface area contributed by atoms with Crippen molar-refractivity contribution in [2.45, 2.75) is 32.1 Å². The molecule has 1 N–H and O–H groups in total. The first-order valence-corrected chi connectivity index (χ1v) is 8.33. The number of hydrogen-bond acceptors (Lipinski definition) is 3. The van der Waals surface area contributed by atoms with Crippen molar-refractivity contribution in [3.05, 3.63) is 0 Å². The molecule has 0 bridgehead atoms. The predicted octanol–water partition coefficient (Wildman–Crippen LogP) is 0.574. The van der Waals surface area contributed by atoms with Crippen molar-refractivity contribution in [3.63, 3.8) is 0 Å². The van der Waals surface area contributed by atoms with Crippen LogP contribution in [0.5, 0.6) is 0 Å². The number of rotatable bonds is 5. The van der Waals surface area contributed by atoms with E-state index in [1.165, 1.54) is 0 Å². The van der Waals surface area contributed by atoms with Gasteiger partial charge in [0.2, 0.25) is 15.9 Å². The number of sulfonamides is 1. The average molecular weight is 274 g/mol. The summed E-state index contributed by atoms with van der Waals surface area (Å²) < 4.78 is 26.5. The highest BCUT2D eigenvalue weighted by Crippen LogP contribution is 2.25. The van der Waals surface area contributed by atoms with Crippen LogP contribution >= 0.6 is 0 Å². The molecule has 0 spiro atoms. The van der Waals surface area contributed by atoms with Crippen LogP contribution in [0.4, 0.5) is 0 Å². The van der Waals surface area contributed by atoms with E-state index < -0.39 is 10.0 Å². The van der Waals surface area contributed by atoms with Crippen molar-refractivity contribution < 1.29 is 13.2 Å². The Hall–Kier alpha value is -0.620. The Morgan fingerprint density at radius 3 is 2.50 bits per heavy atom. The monoisotopic (exact) mass is 274 g/mol. The van der Waals surface area contributed by atoms with Gasteiger partial charge < -0.3 is 4.90 Å². The number of likely N-dealkylation sites (tertiary alicyclic amines) is 1. The van der Waals surface area contributed by atoms with Gasteiger partial charge in [0.15, 0.2) is 0 Å². The highest BCUT2D eigenvalue weighted by Gasteiger charge is 2.28. The number of amides is 1. The maximum Gasteiger partial charge on any atom is 0.222 e. The van der Waals surface area contributed by atoms with Crippen molar-refractivity contribution in [3.8, 4) is 0 Å². The summed E-state index contributed by atoms with van der Waals surface area (Å²) in [5, 5.41) is 0. The lowest BCUT2D eigenvalue weighted by Gasteiger charge is -2.14. The summed E-state index contributed by atoms with van der Waals surface area (Å²) in [6, 6.07) is 0. The molecule has 2 fully saturated rings. The van der Waals surface area contributed by atoms with Gasteiger partial charge in [-0.05, 0) is 24.7 Å². The summed E-state index contributed by atoms with van der Waals surface area (Å²) in [4.78, 5) is 13.0. The molecule has 1 saturated carbocycles. The molecule has 1 saturated heterocycles. The van der Waals surface area contributed by atoms with Crippen LogP contribution in [0.25, 0.3) is 0 Å². The largest absolute Gasteiger partial charge is 0.345 e. The third-order valence-electron chi connectivity index (χ3n) is 3.94. The molecule has 5 nitrogen and oxygen atoms in total. The summed E-state index contributed by atoms with van der Waals surface area (Å²) in [5.41, 5.74) is 0. The van der Waals surface area contributed by atoms with Gasteiger partial charge in [-0.25, -0.2) is 13.1 Å². The molecule has 18 heavy (non-hydrogen) atoms. The first kappa shape index (κ1) is 13.8. The molecule has 0 radical (unpaired) electrons. The van der Waals surface area contributed by atoms with Crippen LogP contribution in [-0.4, -0.2) is 45.1 Å². The zero-order valence-electron chi connectivity index (χ0n) is 10.9. The van der Waals surface area contributed by atoms with Crippen molar-refractivity contribution in [2.75, 3.05) is 25.9 Å². The number of nitrogens with zero attached hydrogens (tertiary/aromatic N) is 1. The van der Waals surface area contributed by atoms with Crippen molar-refractivity contribution in [1.82, 2.24) is 9.62 Å². The number of carbonyl (C=O) groups excluding carboxylic acids is 1. The van der Waals surface area contributed by atoms with Crippen LogP contribution in [0.2, 0.25) is 0 Å². The van der Waals surface area contributed by atoms with E-state index in [1.807, 2.05) is 0 Å². The summed E-state index contributed by atoms with van der Waals surface area (Å²) >= 11 is 0. The molecule has 1 heterocycles. The van der Waals surface area contributed by atoms with Gasteiger partial charge in [-0.2, -0.15) is 0 Å². The van der Waals surface area contributed by atoms with E-state index in [9.17, 15) is 13.2 Å². The molecule has 1 aliphatic heterocycles. The molecule has 1 amide bonds. The van der Waals surface area contributed by atoms with Gasteiger partial charge in [0.05, 0.1) is 5.75 Å². The van der Waals surface area contributed by atoms with Crippen LogP contribution in [0.1, 0.15) is 32.1 Å². The third kappa shape index (κ3) is 3.68. The van der Waals surface area contributed by atoms with Crippen molar-refractivity contribution in [1.29, 1.82) is 0 Å². The van der Waals surface area contributed by atoms with Crippen LogP contribution in [0.15, 0.2) is 0 Å². The van der Waals surface area contributed by atoms with Gasteiger partial charge in [-0.3, -0.25) is 4.79 Å². The second kappa shape index (κ2) is 5.57. The Balaban J connectivity index is 1.76. The van der Waals surface area contributed by atoms with Gasteiger partial charge in [0, 0.05) is 26.6 Å². The van der Waals surface area contributed by atoms with Gasteiger partial charge in [-0.1, -0.05) is 12.8 Å². The lowest BCUT2D eigenvalue weighted by atomic mass is 10.1. The van der Waals surface area contributed by atoms with E-state index in [0.29, 0.717) is 25.4 Å². The quantitative estimate of drug-likeness (QED) is 0.797. The normalized spacial score (nSPS) is 26.2. The topological polar surface area (TPSA) is 66.5 Å². The molecule has 0 aromatic carbocycles. The van der Waals surface area contributed by atoms with E-state index in [-0.39, 0.29) is 17.6 Å². The first-order valence-electron chi connectivity index (χ1n) is 6.67. The fourth-order valence-electron chi connectivity index (χ4n) is 2.88. The maximum atomic E-state index is 11.9. The Bertz CT molecular complexity index is 402. The zero-order chi connectivity index (χ0) is 13.2. The van der Waals surface area contributed by atoms with E-state index in [4.69, 9.17) is 0 Å². The second-order valence-electron chi connectivity index (χ2n) is 5.62. The summed E-state index contributed by atoms with van der Waals surface area (Å²) in [5.74, 6) is 0.815. The average Bonchev–Trinajstić information content (AvgIpc) is 2.87. The zero-order valence-corrected chi connectivity index (χ0v) is 11.7. The van der Waals surface area contributed by atoms with Gasteiger partial charge in [0.1, 0.15) is 0 Å². The first-order chi connectivity index (χ1) is 8.46.